The van der Waals surface area contributed by atoms with Crippen molar-refractivity contribution in [3.63, 3.8) is 0 Å². The Labute approximate surface area is 73.4 Å². The van der Waals surface area contributed by atoms with Gasteiger partial charge in [-0.3, -0.25) is 0 Å². The van der Waals surface area contributed by atoms with Crippen molar-refractivity contribution >= 4 is 0 Å². The maximum Gasteiger partial charge on any atom is 0.123 e. The first-order valence-corrected chi connectivity index (χ1v) is 4.56. The summed E-state index contributed by atoms with van der Waals surface area (Å²) in [5.41, 5.74) is 1.20. The van der Waals surface area contributed by atoms with E-state index in [1.807, 2.05) is 18.2 Å². The van der Waals surface area contributed by atoms with Gasteiger partial charge in [0, 0.05) is 5.56 Å². The molecule has 1 saturated carbocycles. The van der Waals surface area contributed by atoms with Gasteiger partial charge < -0.3 is 4.74 Å². The molecular weight excluding hydrogens is 148 g/mol. The van der Waals surface area contributed by atoms with E-state index in [0.717, 1.165) is 12.2 Å². The zero-order valence-electron chi connectivity index (χ0n) is 7.34. The molecule has 12 heavy (non-hydrogen) atoms. The highest BCUT2D eigenvalue weighted by molar-refractivity contribution is 5.32. The Hall–Kier alpha value is -0.980. The Morgan fingerprint density at radius 1 is 1.58 bits per heavy atom. The summed E-state index contributed by atoms with van der Waals surface area (Å²) in [7, 11) is 0. The van der Waals surface area contributed by atoms with Crippen LogP contribution in [0.1, 0.15) is 25.3 Å². The standard InChI is InChI=1S/C11H13O/c1-2-9-5-3-4-6-11(9)12-10-7-8-10/h3-4,6,10H,2,7-8H2,1H3. The molecule has 0 saturated heterocycles. The van der Waals surface area contributed by atoms with Gasteiger partial charge in [-0.05, 0) is 31.4 Å². The molecule has 1 radical (unpaired) electrons. The second-order valence-electron chi connectivity index (χ2n) is 3.18. The summed E-state index contributed by atoms with van der Waals surface area (Å²) >= 11 is 0. The molecule has 1 fully saturated rings. The first-order valence-electron chi connectivity index (χ1n) is 4.56. The van der Waals surface area contributed by atoms with Gasteiger partial charge in [0.2, 0.25) is 0 Å². The van der Waals surface area contributed by atoms with Gasteiger partial charge in [0.1, 0.15) is 5.75 Å². The summed E-state index contributed by atoms with van der Waals surface area (Å²) < 4.78 is 5.72. The van der Waals surface area contributed by atoms with Crippen LogP contribution in [0.5, 0.6) is 5.75 Å². The third-order valence-corrected chi connectivity index (χ3v) is 2.07. The van der Waals surface area contributed by atoms with Crippen LogP contribution in [0.25, 0.3) is 0 Å². The second kappa shape index (κ2) is 3.18. The number of hydrogen-bond donors (Lipinski definition) is 0. The number of aryl methyl sites for hydroxylation is 1. The van der Waals surface area contributed by atoms with Crippen LogP contribution in [-0.4, -0.2) is 6.10 Å². The quantitative estimate of drug-likeness (QED) is 0.662. The molecule has 1 aliphatic carbocycles. The second-order valence-corrected chi connectivity index (χ2v) is 3.18. The lowest BCUT2D eigenvalue weighted by atomic mass is 10.1. The third-order valence-electron chi connectivity index (χ3n) is 2.07. The Balaban J connectivity index is 2.15. The lowest BCUT2D eigenvalue weighted by molar-refractivity contribution is 0.300. The predicted octanol–water partition coefficient (Wildman–Crippen LogP) is 2.59. The van der Waals surface area contributed by atoms with Crippen LogP contribution in [0.3, 0.4) is 0 Å². The number of hydrogen-bond acceptors (Lipinski definition) is 1. The fraction of sp³-hybridized carbons (Fsp3) is 0.455. The van der Waals surface area contributed by atoms with Crippen molar-refractivity contribution in [2.45, 2.75) is 32.3 Å². The zero-order chi connectivity index (χ0) is 8.39. The molecule has 1 aliphatic rings. The largest absolute Gasteiger partial charge is 0.490 e. The lowest BCUT2D eigenvalue weighted by Gasteiger charge is -2.07. The van der Waals surface area contributed by atoms with Gasteiger partial charge in [-0.25, -0.2) is 0 Å². The molecule has 0 heterocycles. The van der Waals surface area contributed by atoms with Crippen LogP contribution in [0.2, 0.25) is 0 Å². The summed E-state index contributed by atoms with van der Waals surface area (Å²) in [5.74, 6) is 1.03. The van der Waals surface area contributed by atoms with Gasteiger partial charge in [-0.2, -0.15) is 0 Å². The van der Waals surface area contributed by atoms with Crippen molar-refractivity contribution < 1.29 is 4.74 Å². The summed E-state index contributed by atoms with van der Waals surface area (Å²) in [4.78, 5) is 0. The zero-order valence-corrected chi connectivity index (χ0v) is 7.34. The predicted molar refractivity (Wildman–Crippen MR) is 48.3 cm³/mol. The molecule has 1 nitrogen and oxygen atoms in total. The minimum Gasteiger partial charge on any atom is -0.490 e. The van der Waals surface area contributed by atoms with Gasteiger partial charge in [-0.1, -0.05) is 19.1 Å². The molecule has 0 spiro atoms. The molecule has 0 aliphatic heterocycles. The van der Waals surface area contributed by atoms with Gasteiger partial charge in [0.25, 0.3) is 0 Å². The molecule has 0 aromatic heterocycles. The van der Waals surface area contributed by atoms with Crippen molar-refractivity contribution in [2.75, 3.05) is 0 Å². The summed E-state index contributed by atoms with van der Waals surface area (Å²) in [5, 5.41) is 0. The third kappa shape index (κ3) is 1.60. The van der Waals surface area contributed by atoms with Gasteiger partial charge in [-0.15, -0.1) is 0 Å². The van der Waals surface area contributed by atoms with Gasteiger partial charge in [0.05, 0.1) is 6.10 Å². The normalized spacial score (nSPS) is 16.1. The van der Waals surface area contributed by atoms with Gasteiger partial charge >= 0.3 is 0 Å². The molecule has 1 aromatic carbocycles. The first-order chi connectivity index (χ1) is 5.90. The molecule has 1 heteroatoms. The molecule has 0 atom stereocenters. The molecule has 1 aromatic rings. The van der Waals surface area contributed by atoms with Crippen LogP contribution in [0, 0.1) is 6.07 Å². The van der Waals surface area contributed by atoms with Crippen LogP contribution in [0.4, 0.5) is 0 Å². The maximum atomic E-state index is 5.72. The summed E-state index contributed by atoms with van der Waals surface area (Å²) in [6.45, 7) is 2.13. The van der Waals surface area contributed by atoms with E-state index in [4.69, 9.17) is 4.74 Å². The first kappa shape index (κ1) is 7.66. The van der Waals surface area contributed by atoms with E-state index in [9.17, 15) is 0 Å². The van der Waals surface area contributed by atoms with Crippen LogP contribution in [0.15, 0.2) is 18.2 Å². The van der Waals surface area contributed by atoms with Crippen molar-refractivity contribution in [3.05, 3.63) is 29.8 Å². The average Bonchev–Trinajstić information content (AvgIpc) is 2.89. The van der Waals surface area contributed by atoms with Crippen molar-refractivity contribution in [1.82, 2.24) is 0 Å². The fourth-order valence-electron chi connectivity index (χ4n) is 1.21. The lowest BCUT2D eigenvalue weighted by Crippen LogP contribution is -1.98. The fourth-order valence-corrected chi connectivity index (χ4v) is 1.21. The van der Waals surface area contributed by atoms with Crippen LogP contribution in [-0.2, 0) is 6.42 Å². The van der Waals surface area contributed by atoms with Crippen LogP contribution >= 0.6 is 0 Å². The highest BCUT2D eigenvalue weighted by atomic mass is 16.5. The van der Waals surface area contributed by atoms with Crippen LogP contribution < -0.4 is 4.74 Å². The van der Waals surface area contributed by atoms with E-state index in [-0.39, 0.29) is 0 Å². The maximum absolute atomic E-state index is 5.72. The van der Waals surface area contributed by atoms with E-state index in [0.29, 0.717) is 6.10 Å². The summed E-state index contributed by atoms with van der Waals surface area (Å²) in [6.07, 6.45) is 3.94. The summed E-state index contributed by atoms with van der Waals surface area (Å²) in [6, 6.07) is 9.16. The minimum absolute atomic E-state index is 0.492. The van der Waals surface area contributed by atoms with E-state index in [1.165, 1.54) is 18.4 Å². The molecule has 63 valence electrons. The highest BCUT2D eigenvalue weighted by Crippen LogP contribution is 2.28. The van der Waals surface area contributed by atoms with E-state index >= 15 is 0 Å². The van der Waals surface area contributed by atoms with Crippen molar-refractivity contribution in [2.24, 2.45) is 0 Å². The van der Waals surface area contributed by atoms with E-state index in [1.54, 1.807) is 0 Å². The SMILES string of the molecule is CCc1[c]cccc1OC1CC1. The Kier molecular flexibility index (Phi) is 2.03. The molecule has 0 unspecified atom stereocenters. The van der Waals surface area contributed by atoms with Crippen molar-refractivity contribution in [3.8, 4) is 5.75 Å². The molecular formula is C11H13O. The minimum atomic E-state index is 0.492. The van der Waals surface area contributed by atoms with E-state index < -0.39 is 0 Å². The smallest absolute Gasteiger partial charge is 0.123 e. The number of rotatable bonds is 3. The molecule has 2 rings (SSSR count). The Bertz CT molecular complexity index is 263. The van der Waals surface area contributed by atoms with Gasteiger partial charge in [0.15, 0.2) is 0 Å². The number of benzene rings is 1. The Morgan fingerprint density at radius 2 is 2.42 bits per heavy atom. The monoisotopic (exact) mass is 161 g/mol. The average molecular weight is 161 g/mol. The highest BCUT2D eigenvalue weighted by Gasteiger charge is 2.24. The van der Waals surface area contributed by atoms with Crippen molar-refractivity contribution in [1.29, 1.82) is 0 Å². The molecule has 0 N–H and O–H groups in total. The molecule has 0 bridgehead atoms. The number of ether oxygens (including phenoxy) is 1. The van der Waals surface area contributed by atoms with E-state index in [2.05, 4.69) is 13.0 Å². The Morgan fingerprint density at radius 3 is 3.08 bits per heavy atom. The molecule has 0 amide bonds. The topological polar surface area (TPSA) is 9.23 Å².